The highest BCUT2D eigenvalue weighted by molar-refractivity contribution is 5.40. The molecule has 0 heterocycles. The van der Waals surface area contributed by atoms with Crippen molar-refractivity contribution in [1.82, 2.24) is 4.90 Å². The lowest BCUT2D eigenvalue weighted by atomic mass is 10.1. The number of phenolic OH excluding ortho intramolecular Hbond substituents is 2. The summed E-state index contributed by atoms with van der Waals surface area (Å²) in [4.78, 5) is 2.38. The van der Waals surface area contributed by atoms with Gasteiger partial charge >= 0.3 is 0 Å². The van der Waals surface area contributed by atoms with E-state index in [9.17, 15) is 10.2 Å². The van der Waals surface area contributed by atoms with Gasteiger partial charge in [-0.05, 0) is 50.2 Å². The first-order valence-electron chi connectivity index (χ1n) is 5.90. The van der Waals surface area contributed by atoms with E-state index >= 15 is 0 Å². The van der Waals surface area contributed by atoms with Gasteiger partial charge in [0, 0.05) is 0 Å². The summed E-state index contributed by atoms with van der Waals surface area (Å²) in [6, 6.07) is 5.04. The zero-order chi connectivity index (χ0) is 12.0. The van der Waals surface area contributed by atoms with Gasteiger partial charge in [0.15, 0.2) is 11.5 Å². The topological polar surface area (TPSA) is 43.7 Å². The number of hydrogen-bond acceptors (Lipinski definition) is 3. The average Bonchev–Trinajstić information content (AvgIpc) is 2.29. The van der Waals surface area contributed by atoms with Gasteiger partial charge in [-0.15, -0.1) is 0 Å². The number of nitrogens with zero attached hydrogens (tertiary/aromatic N) is 1. The van der Waals surface area contributed by atoms with Gasteiger partial charge in [-0.3, -0.25) is 0 Å². The minimum absolute atomic E-state index is 0.0275. The van der Waals surface area contributed by atoms with E-state index in [1.54, 1.807) is 12.1 Å². The highest BCUT2D eigenvalue weighted by atomic mass is 16.3. The van der Waals surface area contributed by atoms with Crippen LogP contribution in [0.1, 0.15) is 25.8 Å². The van der Waals surface area contributed by atoms with E-state index in [-0.39, 0.29) is 11.5 Å². The predicted octanol–water partition coefficient (Wildman–Crippen LogP) is 2.37. The first-order chi connectivity index (χ1) is 7.67. The van der Waals surface area contributed by atoms with Crippen LogP contribution < -0.4 is 0 Å². The van der Waals surface area contributed by atoms with Crippen molar-refractivity contribution in [3.8, 4) is 11.5 Å². The molecule has 1 aromatic rings. The zero-order valence-corrected chi connectivity index (χ0v) is 10.1. The maximum absolute atomic E-state index is 9.34. The predicted molar refractivity (Wildman–Crippen MR) is 65.9 cm³/mol. The second-order valence-corrected chi connectivity index (χ2v) is 3.95. The molecular formula is C13H21NO2. The van der Waals surface area contributed by atoms with Crippen molar-refractivity contribution in [2.24, 2.45) is 0 Å². The monoisotopic (exact) mass is 223 g/mol. The van der Waals surface area contributed by atoms with Crippen LogP contribution in [0.2, 0.25) is 0 Å². The Morgan fingerprint density at radius 2 is 1.75 bits per heavy atom. The Kier molecular flexibility index (Phi) is 5.12. The van der Waals surface area contributed by atoms with Gasteiger partial charge in [0.2, 0.25) is 0 Å². The average molecular weight is 223 g/mol. The molecule has 16 heavy (non-hydrogen) atoms. The quantitative estimate of drug-likeness (QED) is 0.728. The third kappa shape index (κ3) is 3.74. The second kappa shape index (κ2) is 6.38. The van der Waals surface area contributed by atoms with Gasteiger partial charge in [-0.25, -0.2) is 0 Å². The Balaban J connectivity index is 2.40. The fraction of sp³-hybridized carbons (Fsp3) is 0.538. The fourth-order valence-corrected chi connectivity index (χ4v) is 1.77. The van der Waals surface area contributed by atoms with Gasteiger partial charge in [0.25, 0.3) is 0 Å². The lowest BCUT2D eigenvalue weighted by Gasteiger charge is -2.17. The van der Waals surface area contributed by atoms with Gasteiger partial charge in [-0.1, -0.05) is 19.9 Å². The minimum atomic E-state index is -0.0486. The third-order valence-corrected chi connectivity index (χ3v) is 2.87. The molecule has 0 aliphatic carbocycles. The van der Waals surface area contributed by atoms with Crippen LogP contribution in [0.4, 0.5) is 0 Å². The molecule has 2 N–H and O–H groups in total. The van der Waals surface area contributed by atoms with Crippen molar-refractivity contribution in [2.75, 3.05) is 19.6 Å². The van der Waals surface area contributed by atoms with Crippen molar-refractivity contribution >= 4 is 0 Å². The molecule has 0 aromatic heterocycles. The maximum Gasteiger partial charge on any atom is 0.157 e. The fourth-order valence-electron chi connectivity index (χ4n) is 1.77. The van der Waals surface area contributed by atoms with Crippen LogP contribution in [-0.4, -0.2) is 34.7 Å². The van der Waals surface area contributed by atoms with Crippen LogP contribution in [0.15, 0.2) is 18.2 Å². The van der Waals surface area contributed by atoms with E-state index in [1.165, 1.54) is 0 Å². The maximum atomic E-state index is 9.34. The van der Waals surface area contributed by atoms with Gasteiger partial charge in [-0.2, -0.15) is 0 Å². The van der Waals surface area contributed by atoms with Crippen LogP contribution in [0.25, 0.3) is 0 Å². The molecule has 0 fully saturated rings. The molecule has 0 spiro atoms. The summed E-state index contributed by atoms with van der Waals surface area (Å²) in [5.74, 6) is -0.0761. The van der Waals surface area contributed by atoms with Crippen molar-refractivity contribution in [3.63, 3.8) is 0 Å². The number of phenols is 2. The van der Waals surface area contributed by atoms with Gasteiger partial charge in [0.05, 0.1) is 0 Å². The second-order valence-electron chi connectivity index (χ2n) is 3.95. The van der Waals surface area contributed by atoms with Crippen molar-refractivity contribution in [1.29, 1.82) is 0 Å². The number of aryl methyl sites for hydroxylation is 1. The largest absolute Gasteiger partial charge is 0.504 e. The van der Waals surface area contributed by atoms with Crippen LogP contribution in [0, 0.1) is 0 Å². The highest BCUT2D eigenvalue weighted by Crippen LogP contribution is 2.25. The Morgan fingerprint density at radius 1 is 1.06 bits per heavy atom. The molecule has 1 aromatic carbocycles. The van der Waals surface area contributed by atoms with Crippen molar-refractivity contribution in [2.45, 2.75) is 26.7 Å². The SMILES string of the molecule is CCN(CC)CCCc1ccc(O)c(O)c1. The number of hydrogen-bond donors (Lipinski definition) is 2. The molecule has 3 nitrogen and oxygen atoms in total. The van der Waals surface area contributed by atoms with E-state index in [0.717, 1.165) is 38.0 Å². The van der Waals surface area contributed by atoms with E-state index in [2.05, 4.69) is 18.7 Å². The van der Waals surface area contributed by atoms with Crippen LogP contribution in [0.3, 0.4) is 0 Å². The Bertz CT molecular complexity index is 322. The smallest absolute Gasteiger partial charge is 0.157 e. The lowest BCUT2D eigenvalue weighted by Crippen LogP contribution is -2.24. The zero-order valence-electron chi connectivity index (χ0n) is 10.1. The van der Waals surface area contributed by atoms with Crippen LogP contribution in [-0.2, 0) is 6.42 Å². The normalized spacial score (nSPS) is 10.9. The molecule has 0 bridgehead atoms. The van der Waals surface area contributed by atoms with E-state index in [1.807, 2.05) is 6.07 Å². The highest BCUT2D eigenvalue weighted by Gasteiger charge is 2.02. The van der Waals surface area contributed by atoms with E-state index in [0.29, 0.717) is 0 Å². The molecule has 3 heteroatoms. The number of rotatable bonds is 6. The molecule has 0 aliphatic heterocycles. The summed E-state index contributed by atoms with van der Waals surface area (Å²) in [5, 5.41) is 18.5. The summed E-state index contributed by atoms with van der Waals surface area (Å²) < 4.78 is 0. The van der Waals surface area contributed by atoms with E-state index in [4.69, 9.17) is 0 Å². The summed E-state index contributed by atoms with van der Waals surface area (Å²) in [5.41, 5.74) is 1.07. The summed E-state index contributed by atoms with van der Waals surface area (Å²) >= 11 is 0. The van der Waals surface area contributed by atoms with Crippen molar-refractivity contribution < 1.29 is 10.2 Å². The molecule has 0 saturated heterocycles. The molecule has 90 valence electrons. The van der Waals surface area contributed by atoms with Crippen molar-refractivity contribution in [3.05, 3.63) is 23.8 Å². The van der Waals surface area contributed by atoms with E-state index < -0.39 is 0 Å². The Morgan fingerprint density at radius 3 is 2.31 bits per heavy atom. The molecule has 0 radical (unpaired) electrons. The molecule has 0 atom stereocenters. The summed E-state index contributed by atoms with van der Waals surface area (Å²) in [7, 11) is 0. The lowest BCUT2D eigenvalue weighted by molar-refractivity contribution is 0.300. The molecule has 0 unspecified atom stereocenters. The van der Waals surface area contributed by atoms with Gasteiger partial charge < -0.3 is 15.1 Å². The van der Waals surface area contributed by atoms with Crippen LogP contribution in [0.5, 0.6) is 11.5 Å². The first kappa shape index (κ1) is 12.8. The Labute approximate surface area is 97.3 Å². The van der Waals surface area contributed by atoms with Crippen LogP contribution >= 0.6 is 0 Å². The minimum Gasteiger partial charge on any atom is -0.504 e. The first-order valence-corrected chi connectivity index (χ1v) is 5.90. The summed E-state index contributed by atoms with van der Waals surface area (Å²) in [6.07, 6.45) is 2.01. The molecular weight excluding hydrogens is 202 g/mol. The molecule has 0 saturated carbocycles. The standard InChI is InChI=1S/C13H21NO2/c1-3-14(4-2)9-5-6-11-7-8-12(15)13(16)10-11/h7-8,10,15-16H,3-6,9H2,1-2H3. The summed E-state index contributed by atoms with van der Waals surface area (Å²) in [6.45, 7) is 7.56. The number of aromatic hydroxyl groups is 2. The third-order valence-electron chi connectivity index (χ3n) is 2.87. The molecule has 0 amide bonds. The number of benzene rings is 1. The molecule has 0 aliphatic rings. The molecule has 1 rings (SSSR count). The Hall–Kier alpha value is -1.22. The van der Waals surface area contributed by atoms with Gasteiger partial charge in [0.1, 0.15) is 0 Å².